The first-order valence-electron chi connectivity index (χ1n) is 19.3. The van der Waals surface area contributed by atoms with E-state index in [0.29, 0.717) is 17.5 Å². The molecule has 0 saturated carbocycles. The molecule has 0 spiro atoms. The molecule has 0 fully saturated rings. The Morgan fingerprint density at radius 2 is 0.772 bits per heavy atom. The van der Waals surface area contributed by atoms with Crippen LogP contribution in [0.3, 0.4) is 0 Å². The maximum Gasteiger partial charge on any atom is 0.164 e. The lowest BCUT2D eigenvalue weighted by Crippen LogP contribution is -2.01. The summed E-state index contributed by atoms with van der Waals surface area (Å²) in [5, 5.41) is 7.37. The van der Waals surface area contributed by atoms with E-state index in [9.17, 15) is 0 Å². The van der Waals surface area contributed by atoms with E-state index < -0.39 is 0 Å². The Kier molecular flexibility index (Phi) is 7.78. The summed E-state index contributed by atoms with van der Waals surface area (Å²) in [6.07, 6.45) is 0. The number of benzene rings is 9. The van der Waals surface area contributed by atoms with E-state index in [1.54, 1.807) is 0 Å². The van der Waals surface area contributed by atoms with Crippen molar-refractivity contribution in [2.75, 3.05) is 0 Å². The van der Waals surface area contributed by atoms with Crippen LogP contribution in [0, 0.1) is 0 Å². The first kappa shape index (κ1) is 32.7. The average Bonchev–Trinajstić information content (AvgIpc) is 3.64. The molecular formula is C53H34N4. The van der Waals surface area contributed by atoms with Gasteiger partial charge in [0, 0.05) is 33.2 Å². The number of fused-ring (bicyclic) bond motifs is 6. The molecule has 0 aliphatic rings. The second kappa shape index (κ2) is 13.6. The van der Waals surface area contributed by atoms with Crippen molar-refractivity contribution in [2.24, 2.45) is 0 Å². The molecule has 2 heterocycles. The van der Waals surface area contributed by atoms with E-state index in [1.165, 1.54) is 54.6 Å². The molecule has 0 amide bonds. The highest BCUT2D eigenvalue weighted by atomic mass is 15.0. The normalized spacial score (nSPS) is 11.5. The molecule has 11 rings (SSSR count). The van der Waals surface area contributed by atoms with Crippen LogP contribution in [0.2, 0.25) is 0 Å². The van der Waals surface area contributed by atoms with E-state index in [1.807, 2.05) is 60.7 Å². The van der Waals surface area contributed by atoms with Crippen molar-refractivity contribution in [1.82, 2.24) is 19.5 Å². The highest BCUT2D eigenvalue weighted by Gasteiger charge is 2.17. The van der Waals surface area contributed by atoms with Crippen molar-refractivity contribution in [1.29, 1.82) is 0 Å². The van der Waals surface area contributed by atoms with Crippen LogP contribution in [0.15, 0.2) is 206 Å². The van der Waals surface area contributed by atoms with Crippen LogP contribution in [-0.4, -0.2) is 19.5 Å². The summed E-state index contributed by atoms with van der Waals surface area (Å²) in [6, 6.07) is 73.0. The van der Waals surface area contributed by atoms with Crippen LogP contribution >= 0.6 is 0 Å². The van der Waals surface area contributed by atoms with E-state index in [2.05, 4.69) is 150 Å². The van der Waals surface area contributed by atoms with Gasteiger partial charge in [-0.2, -0.15) is 0 Å². The minimum Gasteiger partial charge on any atom is -0.309 e. The van der Waals surface area contributed by atoms with Gasteiger partial charge in [-0.3, -0.25) is 0 Å². The molecule has 2 aromatic heterocycles. The van der Waals surface area contributed by atoms with Crippen LogP contribution in [-0.2, 0) is 0 Å². The molecular weight excluding hydrogens is 693 g/mol. The Labute approximate surface area is 330 Å². The molecule has 4 nitrogen and oxygen atoms in total. The number of para-hydroxylation sites is 1. The van der Waals surface area contributed by atoms with Crippen molar-refractivity contribution in [2.45, 2.75) is 0 Å². The summed E-state index contributed by atoms with van der Waals surface area (Å²) in [5.74, 6) is 1.93. The number of rotatable bonds is 6. The summed E-state index contributed by atoms with van der Waals surface area (Å²) in [4.78, 5) is 15.0. The molecule has 0 saturated heterocycles. The van der Waals surface area contributed by atoms with Crippen LogP contribution in [0.5, 0.6) is 0 Å². The Morgan fingerprint density at radius 3 is 1.42 bits per heavy atom. The molecule has 0 bridgehead atoms. The number of aromatic nitrogens is 4. The standard InChI is InChI=1S/C53H34N4/c1-4-13-35(14-5-1)38-23-24-40-32-41(26-25-39(40)31-38)42-27-29-46-43(33-42)28-30-49-50(46)47-21-10-11-22-48(47)57(49)45-20-12-19-44(34-45)53-55-51(36-15-6-2-7-16-36)54-52(56-53)37-17-8-3-9-18-37/h1-34H. The maximum absolute atomic E-state index is 5.02. The smallest absolute Gasteiger partial charge is 0.164 e. The Balaban J connectivity index is 1.01. The Morgan fingerprint density at radius 1 is 0.281 bits per heavy atom. The highest BCUT2D eigenvalue weighted by Crippen LogP contribution is 2.39. The van der Waals surface area contributed by atoms with Crippen LogP contribution < -0.4 is 0 Å². The second-order valence-electron chi connectivity index (χ2n) is 14.5. The molecule has 57 heavy (non-hydrogen) atoms. The summed E-state index contributed by atoms with van der Waals surface area (Å²) in [6.45, 7) is 0. The first-order valence-corrected chi connectivity index (χ1v) is 19.3. The largest absolute Gasteiger partial charge is 0.309 e. The minimum atomic E-state index is 0.633. The van der Waals surface area contributed by atoms with Gasteiger partial charge in [0.25, 0.3) is 0 Å². The minimum absolute atomic E-state index is 0.633. The third kappa shape index (κ3) is 5.83. The van der Waals surface area contributed by atoms with Crippen molar-refractivity contribution in [3.8, 4) is 62.1 Å². The van der Waals surface area contributed by atoms with Crippen molar-refractivity contribution in [3.63, 3.8) is 0 Å². The predicted octanol–water partition coefficient (Wildman–Crippen LogP) is 13.6. The summed E-state index contributed by atoms with van der Waals surface area (Å²) < 4.78 is 2.37. The van der Waals surface area contributed by atoms with Gasteiger partial charge in [0.2, 0.25) is 0 Å². The zero-order valence-electron chi connectivity index (χ0n) is 30.9. The molecule has 11 aromatic rings. The zero-order chi connectivity index (χ0) is 37.7. The summed E-state index contributed by atoms with van der Waals surface area (Å²) in [7, 11) is 0. The van der Waals surface area contributed by atoms with Gasteiger partial charge in [-0.15, -0.1) is 0 Å². The second-order valence-corrected chi connectivity index (χ2v) is 14.5. The lowest BCUT2D eigenvalue weighted by atomic mass is 9.95. The number of nitrogens with zero attached hydrogens (tertiary/aromatic N) is 4. The SMILES string of the molecule is c1ccc(-c2ccc3cc(-c4ccc5c(ccc6c5c5ccccc5n6-c5cccc(-c6nc(-c7ccccc7)nc(-c7ccccc7)n6)c5)c4)ccc3c2)cc1. The molecule has 9 aromatic carbocycles. The Bertz CT molecular complexity index is 3220. The quantitative estimate of drug-likeness (QED) is 0.171. The molecule has 266 valence electrons. The fourth-order valence-electron chi connectivity index (χ4n) is 8.21. The van der Waals surface area contributed by atoms with Crippen LogP contribution in [0.25, 0.3) is 105 Å². The fraction of sp³-hybridized carbons (Fsp3) is 0. The average molecular weight is 727 g/mol. The monoisotopic (exact) mass is 726 g/mol. The van der Waals surface area contributed by atoms with Crippen LogP contribution in [0.4, 0.5) is 0 Å². The van der Waals surface area contributed by atoms with E-state index >= 15 is 0 Å². The maximum atomic E-state index is 5.02. The molecule has 0 unspecified atom stereocenters. The number of hydrogen-bond acceptors (Lipinski definition) is 3. The van der Waals surface area contributed by atoms with Crippen molar-refractivity contribution >= 4 is 43.4 Å². The third-order valence-corrected chi connectivity index (χ3v) is 11.0. The van der Waals surface area contributed by atoms with Gasteiger partial charge in [-0.1, -0.05) is 164 Å². The molecule has 0 radical (unpaired) electrons. The molecule has 0 aliphatic carbocycles. The van der Waals surface area contributed by atoms with Crippen LogP contribution in [0.1, 0.15) is 0 Å². The zero-order valence-corrected chi connectivity index (χ0v) is 30.9. The van der Waals surface area contributed by atoms with Gasteiger partial charge in [0.15, 0.2) is 17.5 Å². The molecule has 0 N–H and O–H groups in total. The highest BCUT2D eigenvalue weighted by molar-refractivity contribution is 6.21. The van der Waals surface area contributed by atoms with Gasteiger partial charge in [0.1, 0.15) is 0 Å². The van der Waals surface area contributed by atoms with Gasteiger partial charge in [0.05, 0.1) is 11.0 Å². The van der Waals surface area contributed by atoms with Crippen molar-refractivity contribution in [3.05, 3.63) is 206 Å². The third-order valence-electron chi connectivity index (χ3n) is 11.0. The van der Waals surface area contributed by atoms with E-state index in [-0.39, 0.29) is 0 Å². The summed E-state index contributed by atoms with van der Waals surface area (Å²) >= 11 is 0. The topological polar surface area (TPSA) is 43.6 Å². The van der Waals surface area contributed by atoms with E-state index in [4.69, 9.17) is 15.0 Å². The lowest BCUT2D eigenvalue weighted by Gasteiger charge is -2.12. The fourth-order valence-corrected chi connectivity index (χ4v) is 8.21. The predicted molar refractivity (Wildman–Crippen MR) is 236 cm³/mol. The van der Waals surface area contributed by atoms with Gasteiger partial charge < -0.3 is 4.57 Å². The first-order chi connectivity index (χ1) is 28.2. The number of hydrogen-bond donors (Lipinski definition) is 0. The van der Waals surface area contributed by atoms with Gasteiger partial charge >= 0.3 is 0 Å². The van der Waals surface area contributed by atoms with Crippen molar-refractivity contribution < 1.29 is 0 Å². The lowest BCUT2D eigenvalue weighted by molar-refractivity contribution is 1.07. The Hall–Kier alpha value is -7.69. The molecule has 4 heteroatoms. The molecule has 0 atom stereocenters. The van der Waals surface area contributed by atoms with Gasteiger partial charge in [-0.25, -0.2) is 15.0 Å². The summed E-state index contributed by atoms with van der Waals surface area (Å²) in [5.41, 5.74) is 11.0. The van der Waals surface area contributed by atoms with Gasteiger partial charge in [-0.05, 0) is 86.3 Å². The van der Waals surface area contributed by atoms with E-state index in [0.717, 1.165) is 33.4 Å². The molecule has 0 aliphatic heterocycles.